The van der Waals surface area contributed by atoms with Gasteiger partial charge < -0.3 is 33.8 Å². The summed E-state index contributed by atoms with van der Waals surface area (Å²) in [6.07, 6.45) is 25.8. The monoisotopic (exact) mass is 1140 g/mol. The van der Waals surface area contributed by atoms with E-state index in [1.165, 1.54) is 57.8 Å². The van der Waals surface area contributed by atoms with Crippen LogP contribution in [-0.2, 0) is 65.4 Å². The number of ether oxygens (including phenoxy) is 4. The molecule has 19 heteroatoms. The Morgan fingerprint density at radius 2 is 0.545 bits per heavy atom. The summed E-state index contributed by atoms with van der Waals surface area (Å²) in [5.41, 5.74) is 0. The van der Waals surface area contributed by atoms with Crippen molar-refractivity contribution in [3.05, 3.63) is 0 Å². The van der Waals surface area contributed by atoms with Gasteiger partial charge in [-0.1, -0.05) is 216 Å². The molecule has 3 N–H and O–H groups in total. The summed E-state index contributed by atoms with van der Waals surface area (Å²) in [4.78, 5) is 71.8. The standard InChI is InChI=1S/C58H112O17P2/c1-48(2)34-26-18-10-9-11-24-32-40-57(62)74-53(44-68-55(60)38-30-22-15-12-19-27-35-49(3)4)46-72-76(64,65)70-42-52(59)43-71-77(66,67)73-47-54(75-58(63)41-33-25-17-14-21-29-37-51(7)8)45-69-56(61)39-31-23-16-13-20-28-36-50(5)6/h48-54,59H,9-47H2,1-8H3,(H,64,65)(H,66,67)/t52-,53+,54+/m0/s1. The van der Waals surface area contributed by atoms with E-state index in [1.807, 2.05) is 0 Å². The van der Waals surface area contributed by atoms with Gasteiger partial charge in [0.1, 0.15) is 19.3 Å². The largest absolute Gasteiger partial charge is 0.472 e. The fraction of sp³-hybridized carbons (Fsp3) is 0.931. The molecule has 0 aromatic carbocycles. The molecule has 0 spiro atoms. The molecule has 0 aromatic rings. The van der Waals surface area contributed by atoms with Gasteiger partial charge in [-0.2, -0.15) is 0 Å². The Hall–Kier alpha value is -1.94. The topological polar surface area (TPSA) is 237 Å². The first-order chi connectivity index (χ1) is 36.6. The van der Waals surface area contributed by atoms with Crippen molar-refractivity contribution >= 4 is 39.5 Å². The number of aliphatic hydroxyl groups is 1. The molecule has 0 aromatic heterocycles. The molecule has 77 heavy (non-hydrogen) atoms. The van der Waals surface area contributed by atoms with E-state index in [0.29, 0.717) is 49.4 Å². The van der Waals surface area contributed by atoms with Crippen LogP contribution in [-0.4, -0.2) is 96.7 Å². The first-order valence-corrected chi connectivity index (χ1v) is 33.2. The van der Waals surface area contributed by atoms with Gasteiger partial charge in [0.25, 0.3) is 0 Å². The molecule has 0 saturated heterocycles. The number of phosphoric ester groups is 2. The number of rotatable bonds is 55. The van der Waals surface area contributed by atoms with Crippen LogP contribution in [0.15, 0.2) is 0 Å². The summed E-state index contributed by atoms with van der Waals surface area (Å²) >= 11 is 0. The highest BCUT2D eigenvalue weighted by Gasteiger charge is 2.30. The van der Waals surface area contributed by atoms with Gasteiger partial charge in [-0.15, -0.1) is 0 Å². The molecule has 456 valence electrons. The van der Waals surface area contributed by atoms with Crippen LogP contribution in [0.5, 0.6) is 0 Å². The van der Waals surface area contributed by atoms with Gasteiger partial charge in [-0.05, 0) is 49.4 Å². The molecular formula is C58H112O17P2. The molecule has 5 atom stereocenters. The minimum absolute atomic E-state index is 0.100. The number of aliphatic hydroxyl groups excluding tert-OH is 1. The van der Waals surface area contributed by atoms with Crippen molar-refractivity contribution in [2.75, 3.05) is 39.6 Å². The van der Waals surface area contributed by atoms with Gasteiger partial charge >= 0.3 is 39.5 Å². The smallest absolute Gasteiger partial charge is 0.462 e. The predicted molar refractivity (Wildman–Crippen MR) is 303 cm³/mol. The number of hydrogen-bond acceptors (Lipinski definition) is 15. The average molecular weight is 1140 g/mol. The van der Waals surface area contributed by atoms with Gasteiger partial charge in [0.2, 0.25) is 0 Å². The molecular weight excluding hydrogens is 1030 g/mol. The summed E-state index contributed by atoms with van der Waals surface area (Å²) in [5.74, 6) is 0.568. The molecule has 0 saturated carbocycles. The normalized spacial score (nSPS) is 14.6. The number of hydrogen-bond donors (Lipinski definition) is 3. The number of phosphoric acid groups is 2. The molecule has 0 fully saturated rings. The zero-order chi connectivity index (χ0) is 57.6. The first-order valence-electron chi connectivity index (χ1n) is 30.2. The highest BCUT2D eigenvalue weighted by atomic mass is 31.2. The van der Waals surface area contributed by atoms with Gasteiger partial charge in [0, 0.05) is 25.7 Å². The second-order valence-corrected chi connectivity index (χ2v) is 25.8. The second kappa shape index (κ2) is 48.7. The van der Waals surface area contributed by atoms with E-state index in [1.54, 1.807) is 0 Å². The van der Waals surface area contributed by atoms with Crippen LogP contribution in [0.25, 0.3) is 0 Å². The molecule has 0 amide bonds. The third-order valence-electron chi connectivity index (χ3n) is 13.1. The highest BCUT2D eigenvalue weighted by molar-refractivity contribution is 7.47. The Morgan fingerprint density at radius 3 is 0.805 bits per heavy atom. The lowest BCUT2D eigenvalue weighted by Gasteiger charge is -2.21. The number of carbonyl (C=O) groups excluding carboxylic acids is 4. The Kier molecular flexibility index (Phi) is 47.5. The molecule has 0 bridgehead atoms. The summed E-state index contributed by atoms with van der Waals surface area (Å²) < 4.78 is 67.6. The van der Waals surface area contributed by atoms with Crippen molar-refractivity contribution < 1.29 is 80.2 Å². The lowest BCUT2D eigenvalue weighted by Crippen LogP contribution is -2.30. The Labute approximate surface area is 467 Å². The van der Waals surface area contributed by atoms with E-state index in [4.69, 9.17) is 37.0 Å². The van der Waals surface area contributed by atoms with Crippen LogP contribution < -0.4 is 0 Å². The predicted octanol–water partition coefficient (Wildman–Crippen LogP) is 15.0. The van der Waals surface area contributed by atoms with Crippen LogP contribution in [0.4, 0.5) is 0 Å². The fourth-order valence-corrected chi connectivity index (χ4v) is 9.95. The van der Waals surface area contributed by atoms with Crippen LogP contribution in [0.2, 0.25) is 0 Å². The van der Waals surface area contributed by atoms with E-state index in [9.17, 15) is 43.2 Å². The fourth-order valence-electron chi connectivity index (χ4n) is 8.37. The van der Waals surface area contributed by atoms with Gasteiger partial charge in [0.15, 0.2) is 12.2 Å². The minimum atomic E-state index is -4.94. The minimum Gasteiger partial charge on any atom is -0.462 e. The molecule has 0 heterocycles. The van der Waals surface area contributed by atoms with Crippen molar-refractivity contribution in [2.45, 2.75) is 286 Å². The molecule has 0 aliphatic rings. The third-order valence-corrected chi connectivity index (χ3v) is 15.0. The zero-order valence-corrected chi connectivity index (χ0v) is 51.4. The summed E-state index contributed by atoms with van der Waals surface area (Å²) in [7, 11) is -9.87. The van der Waals surface area contributed by atoms with Crippen LogP contribution in [0.1, 0.15) is 267 Å². The number of unbranched alkanes of at least 4 members (excludes halogenated alkanes) is 21. The quantitative estimate of drug-likeness (QED) is 0.0222. The Morgan fingerprint density at radius 1 is 0.325 bits per heavy atom. The maximum absolute atomic E-state index is 12.9. The van der Waals surface area contributed by atoms with Crippen LogP contribution in [0, 0.1) is 23.7 Å². The van der Waals surface area contributed by atoms with Crippen molar-refractivity contribution in [2.24, 2.45) is 23.7 Å². The molecule has 17 nitrogen and oxygen atoms in total. The molecule has 2 unspecified atom stereocenters. The van der Waals surface area contributed by atoms with Crippen LogP contribution >= 0.6 is 15.6 Å². The third kappa shape index (κ3) is 53.2. The summed E-state index contributed by atoms with van der Waals surface area (Å²) in [6, 6.07) is 0. The van der Waals surface area contributed by atoms with Crippen molar-refractivity contribution in [3.8, 4) is 0 Å². The van der Waals surface area contributed by atoms with Crippen molar-refractivity contribution in [1.82, 2.24) is 0 Å². The molecule has 0 aliphatic carbocycles. The average Bonchev–Trinajstić information content (AvgIpc) is 3.35. The van der Waals surface area contributed by atoms with E-state index in [-0.39, 0.29) is 25.7 Å². The Balaban J connectivity index is 5.24. The second-order valence-electron chi connectivity index (χ2n) is 22.9. The van der Waals surface area contributed by atoms with E-state index in [0.717, 1.165) is 103 Å². The van der Waals surface area contributed by atoms with Gasteiger partial charge in [-0.3, -0.25) is 37.3 Å². The van der Waals surface area contributed by atoms with E-state index in [2.05, 4.69) is 55.4 Å². The highest BCUT2D eigenvalue weighted by Crippen LogP contribution is 2.45. The number of esters is 4. The summed E-state index contributed by atoms with van der Waals surface area (Å²) in [6.45, 7) is 13.7. The molecule has 0 aliphatic heterocycles. The molecule has 0 rings (SSSR count). The zero-order valence-electron chi connectivity index (χ0n) is 49.6. The van der Waals surface area contributed by atoms with Gasteiger partial charge in [0.05, 0.1) is 26.4 Å². The van der Waals surface area contributed by atoms with E-state index < -0.39 is 97.5 Å². The Bertz CT molecular complexity index is 1560. The van der Waals surface area contributed by atoms with Gasteiger partial charge in [-0.25, -0.2) is 9.13 Å². The lowest BCUT2D eigenvalue weighted by molar-refractivity contribution is -0.161. The van der Waals surface area contributed by atoms with E-state index >= 15 is 0 Å². The summed E-state index contributed by atoms with van der Waals surface area (Å²) in [5, 5.41) is 10.5. The van der Waals surface area contributed by atoms with Crippen molar-refractivity contribution in [1.29, 1.82) is 0 Å². The van der Waals surface area contributed by atoms with Crippen LogP contribution in [0.3, 0.4) is 0 Å². The number of carbonyl (C=O) groups is 4. The molecule has 0 radical (unpaired) electrons. The maximum atomic E-state index is 12.9. The van der Waals surface area contributed by atoms with Crippen molar-refractivity contribution in [3.63, 3.8) is 0 Å². The first kappa shape index (κ1) is 75.1. The SMILES string of the molecule is CC(C)CCCCCCCCCC(=O)O[C@H](COC(=O)CCCCCCCCC(C)C)COP(=O)(O)OC[C@H](O)COP(=O)(O)OC[C@@H](COC(=O)CCCCCCCCC(C)C)OC(=O)CCCCCCCCC(C)C. The lowest BCUT2D eigenvalue weighted by atomic mass is 10.0. The maximum Gasteiger partial charge on any atom is 0.472 e.